The largest absolute Gasteiger partial charge is 0.349 e. The summed E-state index contributed by atoms with van der Waals surface area (Å²) in [6.07, 6.45) is 0. The topological polar surface area (TPSA) is 31.9 Å². The molecule has 0 aromatic carbocycles. The number of H-pyrrole nitrogens is 1. The normalized spacial score (nSPS) is 14.3. The Bertz CT molecular complexity index is 383. The summed E-state index contributed by atoms with van der Waals surface area (Å²) in [7, 11) is 3.92. The first-order chi connectivity index (χ1) is 6.18. The van der Waals surface area contributed by atoms with E-state index in [4.69, 9.17) is 12.2 Å². The molecule has 0 unspecified atom stereocenters. The first kappa shape index (κ1) is 9.02. The van der Waals surface area contributed by atoms with E-state index in [1.807, 2.05) is 30.8 Å². The average Bonchev–Trinajstić information content (AvgIpc) is 2.51. The molecule has 0 saturated heterocycles. The number of rotatable bonds is 1. The van der Waals surface area contributed by atoms with Gasteiger partial charge in [-0.1, -0.05) is 12.2 Å². The molecule has 0 radical (unpaired) electrons. The fourth-order valence-electron chi connectivity index (χ4n) is 1.27. The molecule has 1 aliphatic rings. The maximum atomic E-state index is 5.21. The number of fused-ring (bicyclic) bond motifs is 1. The zero-order chi connectivity index (χ0) is 9.42. The van der Waals surface area contributed by atoms with Crippen molar-refractivity contribution < 1.29 is 0 Å². The fourth-order valence-corrected chi connectivity index (χ4v) is 2.71. The Kier molecular flexibility index (Phi) is 2.29. The van der Waals surface area contributed by atoms with E-state index in [-0.39, 0.29) is 0 Å². The number of aromatic nitrogens is 2. The first-order valence-electron chi connectivity index (χ1n) is 4.05. The molecule has 0 aliphatic carbocycles. The van der Waals surface area contributed by atoms with E-state index in [1.165, 1.54) is 11.3 Å². The van der Waals surface area contributed by atoms with Gasteiger partial charge in [0, 0.05) is 36.9 Å². The van der Waals surface area contributed by atoms with Crippen LogP contribution in [0.3, 0.4) is 0 Å². The average molecular weight is 213 g/mol. The maximum absolute atomic E-state index is 5.21. The van der Waals surface area contributed by atoms with Crippen LogP contribution in [0.25, 0.3) is 0 Å². The van der Waals surface area contributed by atoms with E-state index >= 15 is 0 Å². The third-order valence-corrected chi connectivity index (χ3v) is 3.33. The summed E-state index contributed by atoms with van der Waals surface area (Å²) in [5, 5.41) is 0. The van der Waals surface area contributed by atoms with Gasteiger partial charge in [-0.2, -0.15) is 11.8 Å². The number of thioether (sulfide) groups is 1. The second kappa shape index (κ2) is 3.31. The zero-order valence-corrected chi connectivity index (χ0v) is 9.26. The molecule has 1 N–H and O–H groups in total. The van der Waals surface area contributed by atoms with Crippen molar-refractivity contribution in [2.24, 2.45) is 0 Å². The first-order valence-corrected chi connectivity index (χ1v) is 5.62. The smallest absolute Gasteiger partial charge is 0.203 e. The van der Waals surface area contributed by atoms with Crippen molar-refractivity contribution in [1.82, 2.24) is 9.97 Å². The molecular weight excluding hydrogens is 202 g/mol. The van der Waals surface area contributed by atoms with Crippen LogP contribution in [0.1, 0.15) is 11.3 Å². The highest BCUT2D eigenvalue weighted by Crippen LogP contribution is 2.29. The van der Waals surface area contributed by atoms with Gasteiger partial charge >= 0.3 is 0 Å². The summed E-state index contributed by atoms with van der Waals surface area (Å²) in [6.45, 7) is 0. The lowest BCUT2D eigenvalue weighted by molar-refractivity contribution is 0.956. The minimum atomic E-state index is 0.752. The lowest BCUT2D eigenvalue weighted by atomic mass is 10.3. The van der Waals surface area contributed by atoms with Crippen LogP contribution in [0.5, 0.6) is 0 Å². The molecule has 2 rings (SSSR count). The quantitative estimate of drug-likeness (QED) is 0.723. The third-order valence-electron chi connectivity index (χ3n) is 2.01. The van der Waals surface area contributed by atoms with Crippen LogP contribution in [-0.4, -0.2) is 24.1 Å². The Labute approximate surface area is 86.6 Å². The van der Waals surface area contributed by atoms with Crippen molar-refractivity contribution in [2.75, 3.05) is 19.0 Å². The van der Waals surface area contributed by atoms with Crippen molar-refractivity contribution in [2.45, 2.75) is 11.5 Å². The molecule has 2 heterocycles. The molecule has 0 bridgehead atoms. The van der Waals surface area contributed by atoms with Crippen LogP contribution < -0.4 is 4.90 Å². The number of nitrogens with one attached hydrogen (secondary N) is 1. The van der Waals surface area contributed by atoms with Crippen LogP contribution >= 0.6 is 24.0 Å². The minimum Gasteiger partial charge on any atom is -0.349 e. The molecule has 3 nitrogen and oxygen atoms in total. The summed E-state index contributed by atoms with van der Waals surface area (Å²) in [4.78, 5) is 9.55. The van der Waals surface area contributed by atoms with E-state index < -0.39 is 0 Å². The molecule has 0 spiro atoms. The Balaban J connectivity index is 2.56. The monoisotopic (exact) mass is 213 g/mol. The van der Waals surface area contributed by atoms with E-state index in [9.17, 15) is 0 Å². The SMILES string of the molecule is CN(C)c1nc(=S)c2c([nH]1)CSC2. The van der Waals surface area contributed by atoms with Crippen LogP contribution in [0.4, 0.5) is 5.95 Å². The minimum absolute atomic E-state index is 0.752. The molecule has 13 heavy (non-hydrogen) atoms. The van der Waals surface area contributed by atoms with Gasteiger partial charge in [0.05, 0.1) is 0 Å². The molecular formula is C8H11N3S2. The summed E-state index contributed by atoms with van der Waals surface area (Å²) >= 11 is 7.10. The van der Waals surface area contributed by atoms with Crippen molar-refractivity contribution in [3.8, 4) is 0 Å². The van der Waals surface area contributed by atoms with Gasteiger partial charge in [0.15, 0.2) is 0 Å². The predicted octanol–water partition coefficient (Wildman–Crippen LogP) is 1.95. The van der Waals surface area contributed by atoms with Gasteiger partial charge in [-0.25, -0.2) is 4.98 Å². The van der Waals surface area contributed by atoms with Gasteiger partial charge in [-0.05, 0) is 0 Å². The number of nitrogens with zero attached hydrogens (tertiary/aromatic N) is 2. The highest BCUT2D eigenvalue weighted by molar-refractivity contribution is 7.98. The number of hydrogen-bond acceptors (Lipinski definition) is 4. The van der Waals surface area contributed by atoms with E-state index in [1.54, 1.807) is 0 Å². The standard InChI is InChI=1S/C8H11N3S2/c1-11(2)8-9-6-4-13-3-5(6)7(12)10-8/h3-4H2,1-2H3,(H,9,10,12). The summed E-state index contributed by atoms with van der Waals surface area (Å²) < 4.78 is 0.752. The Morgan fingerprint density at radius 2 is 2.23 bits per heavy atom. The zero-order valence-electron chi connectivity index (χ0n) is 7.63. The summed E-state index contributed by atoms with van der Waals surface area (Å²) in [5.74, 6) is 2.89. The molecule has 0 atom stereocenters. The molecule has 1 aromatic rings. The van der Waals surface area contributed by atoms with Crippen LogP contribution in [0, 0.1) is 4.64 Å². The summed E-state index contributed by atoms with van der Waals surface area (Å²) in [5.41, 5.74) is 2.46. The molecule has 5 heteroatoms. The Hall–Kier alpha value is -0.550. The van der Waals surface area contributed by atoms with Crippen LogP contribution in [0.15, 0.2) is 0 Å². The molecule has 0 fully saturated rings. The third kappa shape index (κ3) is 1.58. The second-order valence-corrected chi connectivity index (χ2v) is 4.58. The lowest BCUT2D eigenvalue weighted by Crippen LogP contribution is -2.14. The van der Waals surface area contributed by atoms with Crippen molar-refractivity contribution in [3.63, 3.8) is 0 Å². The highest BCUT2D eigenvalue weighted by atomic mass is 32.2. The van der Waals surface area contributed by atoms with Crippen molar-refractivity contribution in [1.29, 1.82) is 0 Å². The van der Waals surface area contributed by atoms with Gasteiger partial charge in [-0.3, -0.25) is 0 Å². The highest BCUT2D eigenvalue weighted by Gasteiger charge is 2.15. The number of anilines is 1. The fraction of sp³-hybridized carbons (Fsp3) is 0.500. The van der Waals surface area contributed by atoms with Gasteiger partial charge in [0.2, 0.25) is 5.95 Å². The number of aromatic amines is 1. The van der Waals surface area contributed by atoms with Gasteiger partial charge in [-0.15, -0.1) is 0 Å². The molecule has 0 saturated carbocycles. The van der Waals surface area contributed by atoms with Crippen molar-refractivity contribution >= 4 is 29.9 Å². The second-order valence-electron chi connectivity index (χ2n) is 3.21. The lowest BCUT2D eigenvalue weighted by Gasteiger charge is -2.12. The van der Waals surface area contributed by atoms with E-state index in [0.29, 0.717) is 0 Å². The van der Waals surface area contributed by atoms with Crippen LogP contribution in [-0.2, 0) is 11.5 Å². The molecule has 70 valence electrons. The molecule has 1 aromatic heterocycles. The molecule has 0 amide bonds. The van der Waals surface area contributed by atoms with Gasteiger partial charge in [0.25, 0.3) is 0 Å². The number of hydrogen-bond donors (Lipinski definition) is 1. The summed E-state index contributed by atoms with van der Waals surface area (Å²) in [6, 6.07) is 0. The van der Waals surface area contributed by atoms with Gasteiger partial charge in [0.1, 0.15) is 4.64 Å². The Morgan fingerprint density at radius 1 is 1.46 bits per heavy atom. The van der Waals surface area contributed by atoms with Crippen molar-refractivity contribution in [3.05, 3.63) is 15.9 Å². The van der Waals surface area contributed by atoms with E-state index in [0.717, 1.165) is 22.1 Å². The molecule has 1 aliphatic heterocycles. The predicted molar refractivity (Wildman–Crippen MR) is 58.7 cm³/mol. The Morgan fingerprint density at radius 3 is 2.92 bits per heavy atom. The van der Waals surface area contributed by atoms with Gasteiger partial charge < -0.3 is 9.88 Å². The maximum Gasteiger partial charge on any atom is 0.203 e. The van der Waals surface area contributed by atoms with Crippen LogP contribution in [0.2, 0.25) is 0 Å². The van der Waals surface area contributed by atoms with E-state index in [2.05, 4.69) is 9.97 Å².